The molecule has 0 aliphatic rings. The summed E-state index contributed by atoms with van der Waals surface area (Å²) in [4.78, 5) is 0. The quantitative estimate of drug-likeness (QED) is 0.719. The first-order chi connectivity index (χ1) is 5.77. The zero-order valence-corrected chi connectivity index (χ0v) is 7.45. The maximum atomic E-state index is 8.65. The number of hydrogen-bond donors (Lipinski definition) is 1. The standard InChI is InChI=1S/C8H14N2O2/c1-3-12-8-7(2)6-10(9-8)4-5-11/h6,11H,3-5H2,1-2H3. The molecular formula is C8H14N2O2. The zero-order valence-electron chi connectivity index (χ0n) is 7.45. The fraction of sp³-hybridized carbons (Fsp3) is 0.625. The molecule has 12 heavy (non-hydrogen) atoms. The van der Waals surface area contributed by atoms with Crippen molar-refractivity contribution < 1.29 is 9.84 Å². The number of aliphatic hydroxyl groups excluding tert-OH is 1. The minimum absolute atomic E-state index is 0.104. The molecule has 0 amide bonds. The van der Waals surface area contributed by atoms with E-state index in [9.17, 15) is 0 Å². The number of ether oxygens (including phenoxy) is 1. The highest BCUT2D eigenvalue weighted by Gasteiger charge is 2.03. The fourth-order valence-corrected chi connectivity index (χ4v) is 1.000. The van der Waals surface area contributed by atoms with Gasteiger partial charge in [0.2, 0.25) is 5.88 Å². The molecular weight excluding hydrogens is 156 g/mol. The van der Waals surface area contributed by atoms with E-state index in [1.807, 2.05) is 20.0 Å². The number of hydrogen-bond acceptors (Lipinski definition) is 3. The fourth-order valence-electron chi connectivity index (χ4n) is 1.000. The Labute approximate surface area is 71.8 Å². The van der Waals surface area contributed by atoms with Gasteiger partial charge in [-0.05, 0) is 13.8 Å². The summed E-state index contributed by atoms with van der Waals surface area (Å²) in [5.74, 6) is 0.658. The molecule has 0 fully saturated rings. The van der Waals surface area contributed by atoms with Gasteiger partial charge in [-0.1, -0.05) is 0 Å². The molecule has 0 bridgehead atoms. The highest BCUT2D eigenvalue weighted by molar-refractivity contribution is 5.20. The third-order valence-corrected chi connectivity index (χ3v) is 1.51. The van der Waals surface area contributed by atoms with E-state index in [0.29, 0.717) is 19.0 Å². The summed E-state index contributed by atoms with van der Waals surface area (Å²) in [6, 6.07) is 0. The minimum atomic E-state index is 0.104. The van der Waals surface area contributed by atoms with E-state index in [-0.39, 0.29) is 6.61 Å². The number of aliphatic hydroxyl groups is 1. The molecule has 4 nitrogen and oxygen atoms in total. The van der Waals surface area contributed by atoms with Gasteiger partial charge in [-0.25, -0.2) is 0 Å². The van der Waals surface area contributed by atoms with Crippen LogP contribution < -0.4 is 4.74 Å². The van der Waals surface area contributed by atoms with Crippen molar-refractivity contribution in [1.29, 1.82) is 0 Å². The molecule has 0 aliphatic carbocycles. The van der Waals surface area contributed by atoms with Crippen LogP contribution in [0.5, 0.6) is 5.88 Å². The normalized spacial score (nSPS) is 10.2. The molecule has 1 aromatic heterocycles. The Balaban J connectivity index is 2.70. The topological polar surface area (TPSA) is 47.3 Å². The lowest BCUT2D eigenvalue weighted by Gasteiger charge is -1.97. The summed E-state index contributed by atoms with van der Waals surface area (Å²) >= 11 is 0. The molecule has 1 heterocycles. The summed E-state index contributed by atoms with van der Waals surface area (Å²) in [6.07, 6.45) is 1.86. The second-order valence-electron chi connectivity index (χ2n) is 2.54. The van der Waals surface area contributed by atoms with Gasteiger partial charge < -0.3 is 9.84 Å². The van der Waals surface area contributed by atoms with Crippen LogP contribution in [0, 0.1) is 6.92 Å². The molecule has 4 heteroatoms. The molecule has 0 radical (unpaired) electrons. The van der Waals surface area contributed by atoms with Gasteiger partial charge in [0.25, 0.3) is 0 Å². The molecule has 0 unspecified atom stereocenters. The number of aromatic nitrogens is 2. The van der Waals surface area contributed by atoms with E-state index in [1.54, 1.807) is 4.68 Å². The van der Waals surface area contributed by atoms with Crippen molar-refractivity contribution in [1.82, 2.24) is 9.78 Å². The molecule has 0 saturated carbocycles. The highest BCUT2D eigenvalue weighted by atomic mass is 16.5. The lowest BCUT2D eigenvalue weighted by Crippen LogP contribution is -2.02. The van der Waals surface area contributed by atoms with Crippen LogP contribution in [0.1, 0.15) is 12.5 Å². The van der Waals surface area contributed by atoms with Gasteiger partial charge in [0.1, 0.15) is 0 Å². The largest absolute Gasteiger partial charge is 0.477 e. The lowest BCUT2D eigenvalue weighted by molar-refractivity contribution is 0.264. The van der Waals surface area contributed by atoms with E-state index in [4.69, 9.17) is 9.84 Å². The SMILES string of the molecule is CCOc1nn(CCO)cc1C. The average Bonchev–Trinajstić information content (AvgIpc) is 2.34. The molecule has 0 aromatic carbocycles. The van der Waals surface area contributed by atoms with Crippen LogP contribution in [-0.2, 0) is 6.54 Å². The molecule has 1 aromatic rings. The molecule has 1 rings (SSSR count). The van der Waals surface area contributed by atoms with Crippen molar-refractivity contribution in [3.63, 3.8) is 0 Å². The summed E-state index contributed by atoms with van der Waals surface area (Å²) in [7, 11) is 0. The average molecular weight is 170 g/mol. The Hall–Kier alpha value is -1.03. The first-order valence-electron chi connectivity index (χ1n) is 4.05. The molecule has 0 saturated heterocycles. The summed E-state index contributed by atoms with van der Waals surface area (Å²) in [5, 5.41) is 12.8. The lowest BCUT2D eigenvalue weighted by atomic mass is 10.4. The predicted octanol–water partition coefficient (Wildman–Crippen LogP) is 0.583. The molecule has 0 atom stereocenters. The van der Waals surface area contributed by atoms with Gasteiger partial charge in [0.15, 0.2) is 0 Å². The van der Waals surface area contributed by atoms with Crippen LogP contribution in [0.15, 0.2) is 6.20 Å². The Kier molecular flexibility index (Phi) is 3.10. The summed E-state index contributed by atoms with van der Waals surface area (Å²) in [6.45, 7) is 5.11. The van der Waals surface area contributed by atoms with E-state index in [0.717, 1.165) is 5.56 Å². The van der Waals surface area contributed by atoms with Gasteiger partial charge in [-0.3, -0.25) is 4.68 Å². The first kappa shape index (κ1) is 9.06. The minimum Gasteiger partial charge on any atom is -0.477 e. The third-order valence-electron chi connectivity index (χ3n) is 1.51. The van der Waals surface area contributed by atoms with Crippen LogP contribution >= 0.6 is 0 Å². The first-order valence-corrected chi connectivity index (χ1v) is 4.05. The molecule has 68 valence electrons. The second kappa shape index (κ2) is 4.11. The van der Waals surface area contributed by atoms with Crippen molar-refractivity contribution in [2.75, 3.05) is 13.2 Å². The highest BCUT2D eigenvalue weighted by Crippen LogP contribution is 2.13. The zero-order chi connectivity index (χ0) is 8.97. The van der Waals surface area contributed by atoms with Crippen molar-refractivity contribution in [2.45, 2.75) is 20.4 Å². The Bertz CT molecular complexity index is 245. The molecule has 1 N–H and O–H groups in total. The van der Waals surface area contributed by atoms with Gasteiger partial charge in [-0.15, -0.1) is 5.10 Å². The van der Waals surface area contributed by atoms with Crippen molar-refractivity contribution >= 4 is 0 Å². The predicted molar refractivity (Wildman–Crippen MR) is 45.2 cm³/mol. The Morgan fingerprint density at radius 2 is 2.42 bits per heavy atom. The van der Waals surface area contributed by atoms with Gasteiger partial charge >= 0.3 is 0 Å². The second-order valence-corrected chi connectivity index (χ2v) is 2.54. The Morgan fingerprint density at radius 1 is 1.67 bits per heavy atom. The van der Waals surface area contributed by atoms with E-state index in [2.05, 4.69) is 5.10 Å². The van der Waals surface area contributed by atoms with Crippen molar-refractivity contribution in [2.24, 2.45) is 0 Å². The Morgan fingerprint density at radius 3 is 3.00 bits per heavy atom. The number of rotatable bonds is 4. The van der Waals surface area contributed by atoms with Crippen molar-refractivity contribution in [3.8, 4) is 5.88 Å². The van der Waals surface area contributed by atoms with Crippen molar-refractivity contribution in [3.05, 3.63) is 11.8 Å². The van der Waals surface area contributed by atoms with Crippen LogP contribution in [0.2, 0.25) is 0 Å². The van der Waals surface area contributed by atoms with Gasteiger partial charge in [-0.2, -0.15) is 0 Å². The monoisotopic (exact) mass is 170 g/mol. The number of nitrogens with zero attached hydrogens (tertiary/aromatic N) is 2. The van der Waals surface area contributed by atoms with E-state index in [1.165, 1.54) is 0 Å². The van der Waals surface area contributed by atoms with Crippen LogP contribution in [0.25, 0.3) is 0 Å². The number of aryl methyl sites for hydroxylation is 1. The van der Waals surface area contributed by atoms with E-state index >= 15 is 0 Å². The molecule has 0 spiro atoms. The van der Waals surface area contributed by atoms with E-state index < -0.39 is 0 Å². The van der Waals surface area contributed by atoms with Gasteiger partial charge in [0.05, 0.1) is 19.8 Å². The summed E-state index contributed by atoms with van der Waals surface area (Å²) in [5.41, 5.74) is 1.00. The summed E-state index contributed by atoms with van der Waals surface area (Å²) < 4.78 is 6.93. The third kappa shape index (κ3) is 1.98. The van der Waals surface area contributed by atoms with Gasteiger partial charge in [0, 0.05) is 11.8 Å². The maximum absolute atomic E-state index is 8.65. The van der Waals surface area contributed by atoms with Crippen LogP contribution in [0.4, 0.5) is 0 Å². The maximum Gasteiger partial charge on any atom is 0.235 e. The smallest absolute Gasteiger partial charge is 0.235 e. The van der Waals surface area contributed by atoms with Crippen LogP contribution in [0.3, 0.4) is 0 Å². The molecule has 0 aliphatic heterocycles. The van der Waals surface area contributed by atoms with Crippen LogP contribution in [-0.4, -0.2) is 28.1 Å².